The van der Waals surface area contributed by atoms with Gasteiger partial charge in [0, 0.05) is 5.54 Å². The summed E-state index contributed by atoms with van der Waals surface area (Å²) in [5, 5.41) is 13.7. The Kier molecular flexibility index (Phi) is 8.10. The second-order valence-corrected chi connectivity index (χ2v) is 11.5. The van der Waals surface area contributed by atoms with Crippen molar-refractivity contribution in [2.24, 2.45) is 5.41 Å². The van der Waals surface area contributed by atoms with E-state index in [1.807, 2.05) is 0 Å². The maximum Gasteiger partial charge on any atom is 1.00 e. The molecule has 1 aliphatic rings. The zero-order valence-electron chi connectivity index (χ0n) is 21.0. The van der Waals surface area contributed by atoms with E-state index in [-0.39, 0.29) is 29.6 Å². The van der Waals surface area contributed by atoms with Gasteiger partial charge in [-0.3, -0.25) is 14.4 Å². The molecule has 0 radical (unpaired) electrons. The maximum atomic E-state index is 13.7. The quantitative estimate of drug-likeness (QED) is 0.360. The number of hydrogen-bond donors (Lipinski definition) is 0. The van der Waals surface area contributed by atoms with Crippen LogP contribution < -0.4 is 29.6 Å². The molecular weight excluding hydrogens is 393 g/mol. The van der Waals surface area contributed by atoms with Crippen molar-refractivity contribution in [2.45, 2.75) is 105 Å². The third-order valence-corrected chi connectivity index (χ3v) is 4.21. The summed E-state index contributed by atoms with van der Waals surface area (Å²) in [6, 6.07) is 1.79. The number of nitriles is 1. The molecule has 0 aromatic heterocycles. The second-order valence-electron chi connectivity index (χ2n) is 11.5. The summed E-state index contributed by atoms with van der Waals surface area (Å²) in [7, 11) is 0. The Morgan fingerprint density at radius 2 is 1.20 bits per heavy atom. The Labute approximate surface area is 203 Å². The molecule has 0 N–H and O–H groups in total. The third-order valence-electron chi connectivity index (χ3n) is 4.21. The first kappa shape index (κ1) is 28.9. The van der Waals surface area contributed by atoms with Gasteiger partial charge in [0.25, 0.3) is 17.2 Å². The van der Waals surface area contributed by atoms with E-state index in [2.05, 4.69) is 5.43 Å². The Morgan fingerprint density at radius 1 is 0.867 bits per heavy atom. The molecule has 1 saturated heterocycles. The molecule has 8 nitrogen and oxygen atoms in total. The molecule has 0 saturated carbocycles. The van der Waals surface area contributed by atoms with Crippen molar-refractivity contribution >= 4 is 17.7 Å². The summed E-state index contributed by atoms with van der Waals surface area (Å²) in [6.45, 7) is 21.2. The molecule has 1 rings (SSSR count). The van der Waals surface area contributed by atoms with Crippen LogP contribution in [0.4, 0.5) is 0 Å². The summed E-state index contributed by atoms with van der Waals surface area (Å²) in [6.07, 6.45) is 0. The van der Waals surface area contributed by atoms with E-state index in [0.29, 0.717) is 0 Å². The molecular formula is C21H36N5NaO3. The Morgan fingerprint density at radius 3 is 1.40 bits per heavy atom. The SMILES string of the molecule is CC(C)(C)[N-]N(C(=O)C1(C#N)C(=O)N(C(C)(C)C)N(C(C)(C)C)C1=O)C(C)(C)C.[Na+]. The molecule has 9 heteroatoms. The van der Waals surface area contributed by atoms with Crippen LogP contribution in [0.25, 0.3) is 5.43 Å². The Bertz CT molecular complexity index is 713. The van der Waals surface area contributed by atoms with E-state index >= 15 is 0 Å². The van der Waals surface area contributed by atoms with E-state index < -0.39 is 45.3 Å². The first-order valence-electron chi connectivity index (χ1n) is 9.80. The fourth-order valence-corrected chi connectivity index (χ4v) is 3.09. The summed E-state index contributed by atoms with van der Waals surface area (Å²) in [5.41, 5.74) is -1.18. The number of carbonyl (C=O) groups is 3. The molecule has 0 bridgehead atoms. The van der Waals surface area contributed by atoms with Crippen molar-refractivity contribution in [2.75, 3.05) is 0 Å². The van der Waals surface area contributed by atoms with Crippen LogP contribution in [0.15, 0.2) is 0 Å². The predicted molar refractivity (Wildman–Crippen MR) is 111 cm³/mol. The first-order chi connectivity index (χ1) is 12.6. The van der Waals surface area contributed by atoms with Crippen LogP contribution in [0.5, 0.6) is 0 Å². The third kappa shape index (κ3) is 5.18. The Hall–Kier alpha value is -1.14. The molecule has 0 aromatic carbocycles. The van der Waals surface area contributed by atoms with Crippen molar-refractivity contribution in [1.29, 1.82) is 5.26 Å². The van der Waals surface area contributed by atoms with Gasteiger partial charge in [0.1, 0.15) is 0 Å². The molecule has 1 heterocycles. The zero-order valence-corrected chi connectivity index (χ0v) is 23.0. The van der Waals surface area contributed by atoms with Crippen LogP contribution in [0.1, 0.15) is 83.1 Å². The average Bonchev–Trinajstić information content (AvgIpc) is 2.70. The predicted octanol–water partition coefficient (Wildman–Crippen LogP) is 0.397. The van der Waals surface area contributed by atoms with Crippen LogP contribution in [-0.4, -0.2) is 54.9 Å². The normalized spacial score (nSPS) is 17.6. The second kappa shape index (κ2) is 8.42. The van der Waals surface area contributed by atoms with E-state index in [1.54, 1.807) is 89.2 Å². The monoisotopic (exact) mass is 429 g/mol. The number of rotatable bonds is 2. The van der Waals surface area contributed by atoms with Crippen molar-refractivity contribution < 1.29 is 43.9 Å². The van der Waals surface area contributed by atoms with Crippen molar-refractivity contribution in [3.63, 3.8) is 0 Å². The summed E-state index contributed by atoms with van der Waals surface area (Å²) in [4.78, 5) is 40.8. The van der Waals surface area contributed by atoms with Gasteiger partial charge in [0.05, 0.1) is 17.1 Å². The molecule has 0 atom stereocenters. The Balaban J connectivity index is 0.00000841. The molecule has 1 aliphatic heterocycles. The van der Waals surface area contributed by atoms with Gasteiger partial charge in [0.2, 0.25) is 5.91 Å². The van der Waals surface area contributed by atoms with E-state index in [4.69, 9.17) is 0 Å². The summed E-state index contributed by atoms with van der Waals surface area (Å²) < 4.78 is 0. The van der Waals surface area contributed by atoms with Crippen LogP contribution in [0, 0.1) is 16.7 Å². The molecule has 3 amide bonds. The minimum absolute atomic E-state index is 0. The van der Waals surface area contributed by atoms with Crippen LogP contribution in [0.2, 0.25) is 0 Å². The average molecular weight is 430 g/mol. The van der Waals surface area contributed by atoms with Crippen molar-refractivity contribution in [1.82, 2.24) is 15.0 Å². The number of nitrogens with zero attached hydrogens (tertiary/aromatic N) is 5. The van der Waals surface area contributed by atoms with Crippen LogP contribution in [-0.2, 0) is 14.4 Å². The summed E-state index contributed by atoms with van der Waals surface area (Å²) in [5.74, 6) is -2.59. The molecule has 0 spiro atoms. The fourth-order valence-electron chi connectivity index (χ4n) is 3.09. The van der Waals surface area contributed by atoms with E-state index in [0.717, 1.165) is 5.01 Å². The maximum absolute atomic E-state index is 13.7. The van der Waals surface area contributed by atoms with Gasteiger partial charge in [-0.15, -0.1) is 5.54 Å². The molecule has 0 unspecified atom stereocenters. The number of carbonyl (C=O) groups excluding carboxylic acids is 3. The number of hydrogen-bond acceptors (Lipinski definition) is 4. The molecule has 0 aromatic rings. The minimum Gasteiger partial charge on any atom is -0.560 e. The fraction of sp³-hybridized carbons (Fsp3) is 0.810. The number of amides is 3. The largest absolute Gasteiger partial charge is 1.00 e. The topological polar surface area (TPSA) is 98.8 Å². The number of hydrazine groups is 1. The van der Waals surface area contributed by atoms with Gasteiger partial charge in [0.15, 0.2) is 0 Å². The van der Waals surface area contributed by atoms with Crippen molar-refractivity contribution in [3.8, 4) is 6.07 Å². The van der Waals surface area contributed by atoms with Gasteiger partial charge in [-0.25, -0.2) is 10.0 Å². The van der Waals surface area contributed by atoms with Gasteiger partial charge in [-0.2, -0.15) is 5.26 Å². The van der Waals surface area contributed by atoms with Gasteiger partial charge in [-0.1, -0.05) is 20.8 Å². The van der Waals surface area contributed by atoms with E-state index in [9.17, 15) is 19.6 Å². The standard InChI is InChI=1S/C21H36N5O3.Na/c1-17(2,3)23-24(18(4,5)6)14(27)21(13-22)15(28)25(19(7,8)9)26(16(21)29)20(10,11)12;/h1-12H3;/q-1;+1. The smallest absolute Gasteiger partial charge is 0.560 e. The first-order valence-corrected chi connectivity index (χ1v) is 9.80. The van der Waals surface area contributed by atoms with Crippen LogP contribution >= 0.6 is 0 Å². The minimum atomic E-state index is -2.51. The molecule has 1 fully saturated rings. The van der Waals surface area contributed by atoms with E-state index in [1.165, 1.54) is 10.0 Å². The molecule has 164 valence electrons. The van der Waals surface area contributed by atoms with Crippen LogP contribution in [0.3, 0.4) is 0 Å². The zero-order chi connectivity index (χ0) is 23.4. The van der Waals surface area contributed by atoms with Crippen molar-refractivity contribution in [3.05, 3.63) is 5.43 Å². The van der Waals surface area contributed by atoms with Gasteiger partial charge in [-0.05, 0) is 62.3 Å². The summed E-state index contributed by atoms with van der Waals surface area (Å²) >= 11 is 0. The van der Waals surface area contributed by atoms with Gasteiger partial charge >= 0.3 is 29.6 Å². The van der Waals surface area contributed by atoms with Gasteiger partial charge < -0.3 is 10.4 Å². The molecule has 30 heavy (non-hydrogen) atoms. The molecule has 0 aliphatic carbocycles.